The number of aromatic amines is 1. The van der Waals surface area contributed by atoms with Crippen molar-refractivity contribution in [3.8, 4) is 5.75 Å². The van der Waals surface area contributed by atoms with Crippen molar-refractivity contribution in [2.45, 2.75) is 60.7 Å². The van der Waals surface area contributed by atoms with Crippen molar-refractivity contribution in [2.75, 3.05) is 25.1 Å². The minimum atomic E-state index is -1.21. The fourth-order valence-corrected chi connectivity index (χ4v) is 7.95. The molecule has 0 saturated carbocycles. The Bertz CT molecular complexity index is 1670. The molecular weight excluding hydrogens is 592 g/mol. The zero-order valence-corrected chi connectivity index (χ0v) is 26.3. The molecule has 0 bridgehead atoms. The van der Waals surface area contributed by atoms with E-state index in [9.17, 15) is 9.35 Å². The first-order chi connectivity index (χ1) is 20.1. The molecule has 2 aromatic carbocycles. The third-order valence-corrected chi connectivity index (χ3v) is 11.3. The highest BCUT2D eigenvalue weighted by molar-refractivity contribution is 7.99. The number of rotatable bonds is 6. The number of hydrogen-bond donors (Lipinski definition) is 2. The van der Waals surface area contributed by atoms with Crippen molar-refractivity contribution in [1.82, 2.24) is 24.7 Å². The maximum absolute atomic E-state index is 13.3. The fraction of sp³-hybridized carbons (Fsp3) is 0.400. The van der Waals surface area contributed by atoms with Crippen LogP contribution in [0.15, 0.2) is 63.8 Å². The molecule has 2 atom stereocenters. The summed E-state index contributed by atoms with van der Waals surface area (Å²) < 4.78 is 22.0. The van der Waals surface area contributed by atoms with Crippen molar-refractivity contribution < 1.29 is 9.29 Å². The van der Waals surface area contributed by atoms with Crippen LogP contribution in [0.2, 0.25) is 5.02 Å². The van der Waals surface area contributed by atoms with Crippen molar-refractivity contribution in [1.29, 1.82) is 0 Å². The molecule has 1 fully saturated rings. The second-order valence-electron chi connectivity index (χ2n) is 11.8. The first kappa shape index (κ1) is 29.3. The van der Waals surface area contributed by atoms with Gasteiger partial charge in [-0.1, -0.05) is 29.4 Å². The summed E-state index contributed by atoms with van der Waals surface area (Å²) in [5, 5.41) is 1.40. The summed E-state index contributed by atoms with van der Waals surface area (Å²) in [6.45, 7) is 7.63. The molecule has 0 amide bonds. The van der Waals surface area contributed by atoms with E-state index in [1.807, 2.05) is 32.9 Å². The molecule has 0 radical (unpaired) electrons. The summed E-state index contributed by atoms with van der Waals surface area (Å²) in [6.07, 6.45) is 7.69. The number of benzene rings is 2. The summed E-state index contributed by atoms with van der Waals surface area (Å²) in [4.78, 5) is 31.4. The lowest BCUT2D eigenvalue weighted by molar-refractivity contribution is 0.176. The number of methoxy groups -OCH3 is 1. The minimum Gasteiger partial charge on any atom is -0.598 e. The number of nitrogens with one attached hydrogen (secondary N) is 2. The number of hydrogen-bond acceptors (Lipinski definition) is 9. The van der Waals surface area contributed by atoms with E-state index in [1.54, 1.807) is 25.6 Å². The molecule has 9 nitrogen and oxygen atoms in total. The van der Waals surface area contributed by atoms with Crippen molar-refractivity contribution in [3.63, 3.8) is 0 Å². The largest absolute Gasteiger partial charge is 0.598 e. The Morgan fingerprint density at radius 1 is 1.17 bits per heavy atom. The van der Waals surface area contributed by atoms with E-state index < -0.39 is 11.4 Å². The van der Waals surface area contributed by atoms with E-state index >= 15 is 0 Å². The van der Waals surface area contributed by atoms with Gasteiger partial charge in [0.25, 0.3) is 5.56 Å². The van der Waals surface area contributed by atoms with Gasteiger partial charge in [-0.05, 0) is 75.4 Å². The Morgan fingerprint density at radius 2 is 1.95 bits per heavy atom. The van der Waals surface area contributed by atoms with Crippen LogP contribution in [-0.2, 0) is 17.8 Å². The van der Waals surface area contributed by atoms with Crippen LogP contribution in [0.3, 0.4) is 0 Å². The van der Waals surface area contributed by atoms with Crippen molar-refractivity contribution in [2.24, 2.45) is 5.41 Å². The van der Waals surface area contributed by atoms with Crippen LogP contribution in [0.4, 0.5) is 5.82 Å². The lowest BCUT2D eigenvalue weighted by atomic mass is 9.73. The van der Waals surface area contributed by atoms with Gasteiger partial charge in [-0.15, -0.1) is 4.72 Å². The highest BCUT2D eigenvalue weighted by Gasteiger charge is 2.50. The summed E-state index contributed by atoms with van der Waals surface area (Å²) in [6, 6.07) is 9.86. The lowest BCUT2D eigenvalue weighted by Crippen LogP contribution is -2.49. The second-order valence-corrected chi connectivity index (χ2v) is 15.3. The molecular formula is C30H33ClN6O3S2. The number of nitrogens with zero attached hydrogens (tertiary/aromatic N) is 4. The summed E-state index contributed by atoms with van der Waals surface area (Å²) in [7, 11) is 1.68. The number of piperidine rings is 1. The van der Waals surface area contributed by atoms with Crippen LogP contribution in [0.1, 0.15) is 50.8 Å². The Kier molecular flexibility index (Phi) is 7.90. The molecule has 2 aliphatic rings. The second kappa shape index (κ2) is 11.3. The Balaban J connectivity index is 1.18. The number of ether oxygens (including phenoxy) is 1. The number of aromatic nitrogens is 4. The summed E-state index contributed by atoms with van der Waals surface area (Å²) in [5.41, 5.74) is 2.70. The summed E-state index contributed by atoms with van der Waals surface area (Å²) >= 11 is 6.71. The van der Waals surface area contributed by atoms with E-state index in [0.29, 0.717) is 25.8 Å². The molecule has 1 aliphatic carbocycles. The molecule has 12 heteroatoms. The van der Waals surface area contributed by atoms with E-state index in [0.717, 1.165) is 43.9 Å². The molecule has 42 heavy (non-hydrogen) atoms. The standard InChI is InChI=1S/C30H33ClN6O3S2/c1-29(2,3)42(39)36-27-20-13-19(40-4)6-5-18(20)14-30(27)9-11-37(12-10-30)23-15-33-24(16-32-23)41-22-8-7-21-25(26(22)31)28(38)35-17-34-21/h5-8,13,15-17,27,36H,9-12,14H2,1-4H3,(H,34,35,38)/t27-,42-/m1/s1. The van der Waals surface area contributed by atoms with Gasteiger partial charge in [0.15, 0.2) is 0 Å². The topological polar surface area (TPSA) is 119 Å². The van der Waals surface area contributed by atoms with Crippen LogP contribution in [0.25, 0.3) is 10.9 Å². The molecule has 2 N–H and O–H groups in total. The van der Waals surface area contributed by atoms with Gasteiger partial charge in [0.2, 0.25) is 0 Å². The zero-order valence-electron chi connectivity index (χ0n) is 23.9. The minimum absolute atomic E-state index is 0.0243. The predicted octanol–water partition coefficient (Wildman–Crippen LogP) is 5.46. The Morgan fingerprint density at radius 3 is 2.64 bits per heavy atom. The van der Waals surface area contributed by atoms with E-state index in [2.05, 4.69) is 36.7 Å². The maximum Gasteiger partial charge on any atom is 0.260 e. The van der Waals surface area contributed by atoms with Gasteiger partial charge in [-0.2, -0.15) is 0 Å². The number of H-pyrrole nitrogens is 1. The van der Waals surface area contributed by atoms with Crippen LogP contribution in [0.5, 0.6) is 5.75 Å². The average molecular weight is 625 g/mol. The van der Waals surface area contributed by atoms with E-state index in [1.165, 1.54) is 29.2 Å². The molecule has 220 valence electrons. The van der Waals surface area contributed by atoms with Gasteiger partial charge in [0.1, 0.15) is 21.3 Å². The molecule has 1 aliphatic heterocycles. The first-order valence-electron chi connectivity index (χ1n) is 13.8. The fourth-order valence-electron chi connectivity index (χ4n) is 5.88. The molecule has 1 spiro atoms. The Labute approximate surface area is 257 Å². The van der Waals surface area contributed by atoms with Crippen LogP contribution >= 0.6 is 23.4 Å². The number of anilines is 1. The molecule has 4 aromatic rings. The molecule has 6 rings (SSSR count). The van der Waals surface area contributed by atoms with E-state index in [-0.39, 0.29) is 21.8 Å². The number of fused-ring (bicyclic) bond motifs is 2. The molecule has 3 heterocycles. The monoisotopic (exact) mass is 624 g/mol. The zero-order chi connectivity index (χ0) is 29.6. The van der Waals surface area contributed by atoms with Gasteiger partial charge >= 0.3 is 0 Å². The van der Waals surface area contributed by atoms with Gasteiger partial charge in [0, 0.05) is 34.8 Å². The lowest BCUT2D eigenvalue weighted by Gasteiger charge is -2.44. The van der Waals surface area contributed by atoms with Crippen LogP contribution < -0.4 is 19.9 Å². The highest BCUT2D eigenvalue weighted by atomic mass is 35.5. The first-order valence-corrected chi connectivity index (χ1v) is 16.2. The van der Waals surface area contributed by atoms with Crippen molar-refractivity contribution >= 4 is 51.4 Å². The van der Waals surface area contributed by atoms with E-state index in [4.69, 9.17) is 21.3 Å². The maximum atomic E-state index is 13.3. The predicted molar refractivity (Wildman–Crippen MR) is 168 cm³/mol. The van der Waals surface area contributed by atoms with Crippen LogP contribution in [-0.4, -0.2) is 49.4 Å². The third kappa shape index (κ3) is 5.48. The SMILES string of the molecule is COc1ccc2c(c1)[C@@H](N[S@+]([O-])C(C)(C)C)C1(CCN(c3cnc(Sc4ccc5nc[nH]c(=O)c5c4Cl)cn3)CC1)C2. The summed E-state index contributed by atoms with van der Waals surface area (Å²) in [5.74, 6) is 1.64. The van der Waals surface area contributed by atoms with Crippen molar-refractivity contribution in [3.05, 3.63) is 75.6 Å². The number of halogens is 1. The van der Waals surface area contributed by atoms with Gasteiger partial charge in [-0.3, -0.25) is 4.79 Å². The molecule has 1 saturated heterocycles. The smallest absolute Gasteiger partial charge is 0.260 e. The highest BCUT2D eigenvalue weighted by Crippen LogP contribution is 2.53. The Hall–Kier alpha value is -2.83. The third-order valence-electron chi connectivity index (χ3n) is 8.22. The van der Waals surface area contributed by atoms with Crippen LogP contribution in [0, 0.1) is 5.41 Å². The normalized spacial score (nSPS) is 18.8. The van der Waals surface area contributed by atoms with Gasteiger partial charge in [0.05, 0.1) is 47.8 Å². The van der Waals surface area contributed by atoms with Gasteiger partial charge < -0.3 is 19.2 Å². The average Bonchev–Trinajstić information content (AvgIpc) is 3.26. The molecule has 2 aromatic heterocycles. The van der Waals surface area contributed by atoms with Gasteiger partial charge in [-0.25, -0.2) is 15.0 Å². The quantitative estimate of drug-likeness (QED) is 0.269. The molecule has 0 unspecified atom stereocenters.